The second kappa shape index (κ2) is 17.7. The topological polar surface area (TPSA) is 187 Å². The smallest absolute Gasteiger partial charge is 0.388 e. The van der Waals surface area contributed by atoms with Gasteiger partial charge in [0.05, 0.1) is 20.8 Å². The minimum atomic E-state index is -1.27. The number of carbonyl (C=O) groups is 5. The highest BCUT2D eigenvalue weighted by Crippen LogP contribution is 2.35. The third-order valence-electron chi connectivity index (χ3n) is 8.34. The SMILES string of the molecule is COc1ccc(OC)c([N+](C)(O)C(=O)COc2cccc(N(CC(=O)N(C)c3ccccc3)C(=O)CNC(=O)Nc3cccc(C(C)C(=O)[O-])c3)c2)c1. The number of carbonyl (C=O) groups excluding carboxylic acids is 5. The predicted molar refractivity (Wildman–Crippen MR) is 195 cm³/mol. The third-order valence-corrected chi connectivity index (χ3v) is 8.34. The first kappa shape index (κ1) is 39.3. The molecule has 0 heterocycles. The molecular weight excluding hydrogens is 686 g/mol. The number of para-hydroxylation sites is 1. The Hall–Kier alpha value is -6.45. The number of hydrogen-bond acceptors (Lipinski definition) is 10. The van der Waals surface area contributed by atoms with Gasteiger partial charge in [0.25, 0.3) is 0 Å². The van der Waals surface area contributed by atoms with Gasteiger partial charge < -0.3 is 44.5 Å². The number of nitrogens with one attached hydrogen (secondary N) is 2. The van der Waals surface area contributed by atoms with Crippen LogP contribution in [0.3, 0.4) is 0 Å². The summed E-state index contributed by atoms with van der Waals surface area (Å²) in [6.07, 6.45) is 0. The number of quaternary nitrogens is 1. The van der Waals surface area contributed by atoms with E-state index in [-0.39, 0.29) is 22.9 Å². The molecule has 15 nitrogen and oxygen atoms in total. The maximum Gasteiger partial charge on any atom is 0.388 e. The molecule has 3 N–H and O–H groups in total. The first-order valence-electron chi connectivity index (χ1n) is 16.3. The van der Waals surface area contributed by atoms with Crippen LogP contribution in [0.1, 0.15) is 18.4 Å². The molecule has 4 aromatic carbocycles. The van der Waals surface area contributed by atoms with E-state index in [1.165, 1.54) is 57.4 Å². The lowest BCUT2D eigenvalue weighted by Gasteiger charge is -2.26. The second-order valence-corrected chi connectivity index (χ2v) is 11.9. The zero-order chi connectivity index (χ0) is 38.7. The summed E-state index contributed by atoms with van der Waals surface area (Å²) in [4.78, 5) is 67.0. The van der Waals surface area contributed by atoms with Gasteiger partial charge in [-0.3, -0.25) is 9.59 Å². The van der Waals surface area contributed by atoms with Crippen LogP contribution in [0.2, 0.25) is 0 Å². The Bertz CT molecular complexity index is 1950. The van der Waals surface area contributed by atoms with E-state index in [4.69, 9.17) is 14.2 Å². The molecule has 0 aliphatic rings. The summed E-state index contributed by atoms with van der Waals surface area (Å²) < 4.78 is 15.1. The Balaban J connectivity index is 1.52. The van der Waals surface area contributed by atoms with Crippen LogP contribution in [0, 0.1) is 0 Å². The van der Waals surface area contributed by atoms with Gasteiger partial charge >= 0.3 is 11.9 Å². The average molecular weight is 728 g/mol. The standard InChI is InChI=1S/C38H41N5O10/c1-25(37(47)48)26-11-9-12-27(19-26)40-38(49)39-22-34(44)42(23-35(45)41(2)28-13-7-6-8-14-28)29-15-10-16-31(20-29)53-24-36(46)43(3,50)32-21-30(51-4)17-18-33(32)52-5/h6-21,25,50H,22-24H2,1-5H3,(H2-,39,40,47,48,49). The summed E-state index contributed by atoms with van der Waals surface area (Å²) in [6.45, 7) is -0.0974. The molecule has 0 bridgehead atoms. The number of hydroxylamine groups is 2. The van der Waals surface area contributed by atoms with Gasteiger partial charge in [0.2, 0.25) is 24.1 Å². The van der Waals surface area contributed by atoms with Crippen LogP contribution in [0.4, 0.5) is 27.5 Å². The molecule has 15 heteroatoms. The predicted octanol–water partition coefficient (Wildman–Crippen LogP) is 3.31. The lowest BCUT2D eigenvalue weighted by Crippen LogP contribution is -2.50. The normalized spacial score (nSPS) is 12.3. The first-order valence-corrected chi connectivity index (χ1v) is 16.3. The summed E-state index contributed by atoms with van der Waals surface area (Å²) in [7, 11) is 5.66. The molecule has 0 radical (unpaired) electrons. The number of methoxy groups -OCH3 is 2. The number of likely N-dealkylation sites (N-methyl/N-ethyl adjacent to an activating group) is 2. The molecular formula is C38H41N5O10. The van der Waals surface area contributed by atoms with Crippen LogP contribution in [-0.2, 0) is 19.2 Å². The molecule has 0 saturated carbocycles. The highest BCUT2D eigenvalue weighted by Gasteiger charge is 2.37. The molecule has 2 unspecified atom stereocenters. The number of amides is 5. The molecule has 4 aromatic rings. The molecule has 0 saturated heterocycles. The molecule has 0 aromatic heterocycles. The molecule has 0 aliphatic carbocycles. The fourth-order valence-corrected chi connectivity index (χ4v) is 5.09. The summed E-state index contributed by atoms with van der Waals surface area (Å²) in [5, 5.41) is 27.5. The van der Waals surface area contributed by atoms with Crippen LogP contribution in [0.25, 0.3) is 0 Å². The highest BCUT2D eigenvalue weighted by molar-refractivity contribution is 6.05. The number of carboxylic acid groups (broad SMARTS) is 1. The van der Waals surface area contributed by atoms with Gasteiger partial charge in [-0.15, -0.1) is 0 Å². The fraction of sp³-hybridized carbons (Fsp3) is 0.237. The number of benzene rings is 4. The number of anilines is 3. The quantitative estimate of drug-likeness (QED) is 0.0932. The maximum absolute atomic E-state index is 13.7. The monoisotopic (exact) mass is 727 g/mol. The van der Waals surface area contributed by atoms with Crippen molar-refractivity contribution in [1.82, 2.24) is 9.96 Å². The van der Waals surface area contributed by atoms with Gasteiger partial charge in [0, 0.05) is 48.1 Å². The van der Waals surface area contributed by atoms with Gasteiger partial charge in [-0.1, -0.05) is 48.0 Å². The van der Waals surface area contributed by atoms with E-state index in [2.05, 4.69) is 10.6 Å². The molecule has 0 fully saturated rings. The Morgan fingerprint density at radius 3 is 2.21 bits per heavy atom. The van der Waals surface area contributed by atoms with E-state index in [1.807, 2.05) is 0 Å². The van der Waals surface area contributed by atoms with Crippen LogP contribution < -0.4 is 44.4 Å². The minimum Gasteiger partial charge on any atom is -0.550 e. The number of nitrogens with zero attached hydrogens (tertiary/aromatic N) is 3. The van der Waals surface area contributed by atoms with E-state index in [9.17, 15) is 34.3 Å². The Labute approximate surface area is 306 Å². The van der Waals surface area contributed by atoms with Crippen molar-refractivity contribution >= 4 is 52.5 Å². The molecule has 278 valence electrons. The van der Waals surface area contributed by atoms with E-state index in [0.29, 0.717) is 22.7 Å². The molecule has 2 atom stereocenters. The fourth-order valence-electron chi connectivity index (χ4n) is 5.09. The number of rotatable bonds is 15. The second-order valence-electron chi connectivity index (χ2n) is 11.9. The van der Waals surface area contributed by atoms with Crippen LogP contribution >= 0.6 is 0 Å². The first-order chi connectivity index (χ1) is 25.2. The van der Waals surface area contributed by atoms with Crippen molar-refractivity contribution in [1.29, 1.82) is 0 Å². The van der Waals surface area contributed by atoms with Gasteiger partial charge in [-0.05, 0) is 54.1 Å². The van der Waals surface area contributed by atoms with Crippen molar-refractivity contribution in [2.24, 2.45) is 0 Å². The van der Waals surface area contributed by atoms with Gasteiger partial charge in [-0.2, -0.15) is 0 Å². The Morgan fingerprint density at radius 1 is 0.830 bits per heavy atom. The summed E-state index contributed by atoms with van der Waals surface area (Å²) in [6, 6.07) is 25.0. The molecule has 0 spiro atoms. The largest absolute Gasteiger partial charge is 0.550 e. The van der Waals surface area contributed by atoms with Crippen LogP contribution in [-0.4, -0.2) is 82.9 Å². The van der Waals surface area contributed by atoms with Crippen molar-refractivity contribution in [3.8, 4) is 17.2 Å². The number of carboxylic acids is 1. The van der Waals surface area contributed by atoms with E-state index in [0.717, 1.165) is 4.90 Å². The Kier molecular flexibility index (Phi) is 13.1. The number of ether oxygens (including phenoxy) is 3. The minimum absolute atomic E-state index is 0.114. The lowest BCUT2D eigenvalue weighted by atomic mass is 10.0. The van der Waals surface area contributed by atoms with Crippen molar-refractivity contribution in [3.63, 3.8) is 0 Å². The van der Waals surface area contributed by atoms with Crippen molar-refractivity contribution in [2.75, 3.05) is 63.1 Å². The van der Waals surface area contributed by atoms with E-state index >= 15 is 0 Å². The number of hydrogen-bond donors (Lipinski definition) is 3. The van der Waals surface area contributed by atoms with Crippen LogP contribution in [0.15, 0.2) is 97.1 Å². The maximum atomic E-state index is 13.7. The number of aliphatic carboxylic acids is 1. The van der Waals surface area contributed by atoms with Gasteiger partial charge in [-0.25, -0.2) is 14.8 Å². The van der Waals surface area contributed by atoms with Gasteiger partial charge in [0.1, 0.15) is 25.1 Å². The summed E-state index contributed by atoms with van der Waals surface area (Å²) in [5.74, 6) is -3.28. The van der Waals surface area contributed by atoms with Crippen molar-refractivity contribution < 1.29 is 48.5 Å². The summed E-state index contributed by atoms with van der Waals surface area (Å²) in [5.41, 5.74) is 1.63. The Morgan fingerprint density at radius 2 is 1.53 bits per heavy atom. The highest BCUT2D eigenvalue weighted by atomic mass is 16.6. The number of urea groups is 1. The molecule has 53 heavy (non-hydrogen) atoms. The third kappa shape index (κ3) is 10.1. The van der Waals surface area contributed by atoms with Crippen molar-refractivity contribution in [3.05, 3.63) is 103 Å². The average Bonchev–Trinajstić information content (AvgIpc) is 3.17. The summed E-state index contributed by atoms with van der Waals surface area (Å²) >= 11 is 0. The molecule has 5 amide bonds. The van der Waals surface area contributed by atoms with Gasteiger partial charge in [0.15, 0.2) is 5.75 Å². The van der Waals surface area contributed by atoms with Crippen molar-refractivity contribution in [2.45, 2.75) is 12.8 Å². The zero-order valence-corrected chi connectivity index (χ0v) is 29.9. The van der Waals surface area contributed by atoms with Crippen LogP contribution in [0.5, 0.6) is 17.2 Å². The lowest BCUT2D eigenvalue weighted by molar-refractivity contribution is -0.307. The molecule has 0 aliphatic heterocycles. The molecule has 4 rings (SSSR count). The zero-order valence-electron chi connectivity index (χ0n) is 29.9. The van der Waals surface area contributed by atoms with E-state index in [1.54, 1.807) is 79.8 Å². The van der Waals surface area contributed by atoms with E-state index < -0.39 is 60.0 Å².